The van der Waals surface area contributed by atoms with Crippen molar-refractivity contribution in [1.82, 2.24) is 4.90 Å². The number of ether oxygens (including phenoxy) is 2. The van der Waals surface area contributed by atoms with Crippen molar-refractivity contribution >= 4 is 30.0 Å². The van der Waals surface area contributed by atoms with Gasteiger partial charge < -0.3 is 45.0 Å². The van der Waals surface area contributed by atoms with Crippen molar-refractivity contribution in [3.63, 3.8) is 0 Å². The summed E-state index contributed by atoms with van der Waals surface area (Å²) in [6, 6.07) is 7.74. The molecule has 2 aliphatic rings. The topological polar surface area (TPSA) is 194 Å². The number of nitrogens with zero attached hydrogens (tertiary/aromatic N) is 1. The number of phenolic OH excluding ortho intramolecular Hbond substituents is 4. The number of phenols is 4. The fourth-order valence-electron chi connectivity index (χ4n) is 4.87. The first-order chi connectivity index (χ1) is 19.4. The van der Waals surface area contributed by atoms with E-state index in [9.17, 15) is 45.0 Å². The Balaban J connectivity index is 1.52. The molecule has 1 aliphatic heterocycles. The molecule has 218 valence electrons. The number of aromatic hydroxyl groups is 4. The maximum Gasteiger partial charge on any atom is 0.331 e. The Hall–Kier alpha value is -4.55. The lowest BCUT2D eigenvalue weighted by Gasteiger charge is -2.43. The van der Waals surface area contributed by atoms with E-state index in [0.29, 0.717) is 24.2 Å². The number of aliphatic hydroxyl groups is 2. The van der Waals surface area contributed by atoms with Crippen molar-refractivity contribution in [3.8, 4) is 23.0 Å². The number of hydrogen-bond donors (Lipinski definition) is 6. The van der Waals surface area contributed by atoms with E-state index in [1.807, 2.05) is 0 Å². The summed E-state index contributed by atoms with van der Waals surface area (Å²) in [5.74, 6) is -3.97. The lowest BCUT2D eigenvalue weighted by atomic mass is 9.78. The maximum atomic E-state index is 13.1. The summed E-state index contributed by atoms with van der Waals surface area (Å²) in [5, 5.41) is 60.3. The lowest BCUT2D eigenvalue weighted by molar-refractivity contribution is -0.201. The quantitative estimate of drug-likeness (QED) is 0.161. The molecule has 6 N–H and O–H groups in total. The fraction of sp³-hybridized carbons (Fsp3) is 0.345. The van der Waals surface area contributed by atoms with Gasteiger partial charge >= 0.3 is 11.9 Å². The number of aliphatic hydroxyl groups excluding tert-OH is 1. The van der Waals surface area contributed by atoms with Gasteiger partial charge in [0.15, 0.2) is 29.1 Å². The van der Waals surface area contributed by atoms with Gasteiger partial charge in [0.05, 0.1) is 6.10 Å². The molecule has 2 fully saturated rings. The third-order valence-electron chi connectivity index (χ3n) is 6.97. The van der Waals surface area contributed by atoms with E-state index in [1.54, 1.807) is 0 Å². The molecule has 4 rings (SSSR count). The van der Waals surface area contributed by atoms with Crippen LogP contribution in [-0.4, -0.2) is 90.4 Å². The molecular weight excluding hydrogens is 538 g/mol. The van der Waals surface area contributed by atoms with E-state index < -0.39 is 66.1 Å². The van der Waals surface area contributed by atoms with Crippen LogP contribution in [0.15, 0.2) is 48.6 Å². The number of carbonyl (C=O) groups is 3. The van der Waals surface area contributed by atoms with Gasteiger partial charge in [-0.25, -0.2) is 9.59 Å². The molecule has 1 heterocycles. The highest BCUT2D eigenvalue weighted by Gasteiger charge is 2.53. The van der Waals surface area contributed by atoms with Crippen LogP contribution < -0.4 is 0 Å². The molecule has 0 bridgehead atoms. The van der Waals surface area contributed by atoms with E-state index >= 15 is 0 Å². The lowest BCUT2D eigenvalue weighted by Crippen LogP contribution is -2.60. The van der Waals surface area contributed by atoms with E-state index in [1.165, 1.54) is 53.5 Å². The summed E-state index contributed by atoms with van der Waals surface area (Å²) >= 11 is 0. The average molecular weight is 570 g/mol. The summed E-state index contributed by atoms with van der Waals surface area (Å²) in [5.41, 5.74) is -1.35. The molecular formula is C29H31NO11. The van der Waals surface area contributed by atoms with Gasteiger partial charge in [0.1, 0.15) is 11.7 Å². The first-order valence-electron chi connectivity index (χ1n) is 13.0. The number of hydrogen-bond acceptors (Lipinski definition) is 11. The number of amides is 1. The normalized spacial score (nSPS) is 24.5. The molecule has 41 heavy (non-hydrogen) atoms. The van der Waals surface area contributed by atoms with E-state index in [2.05, 4.69) is 0 Å². The van der Waals surface area contributed by atoms with Gasteiger partial charge in [0, 0.05) is 38.1 Å². The van der Waals surface area contributed by atoms with Crippen LogP contribution in [0.1, 0.15) is 36.8 Å². The first kappa shape index (κ1) is 29.4. The van der Waals surface area contributed by atoms with Crippen molar-refractivity contribution in [3.05, 3.63) is 59.7 Å². The highest BCUT2D eigenvalue weighted by molar-refractivity contribution is 5.89. The second-order valence-corrected chi connectivity index (χ2v) is 10.0. The van der Waals surface area contributed by atoms with E-state index in [-0.39, 0.29) is 11.5 Å². The van der Waals surface area contributed by atoms with Crippen molar-refractivity contribution < 1.29 is 54.5 Å². The summed E-state index contributed by atoms with van der Waals surface area (Å²) in [6.07, 6.45) is 0.842. The molecule has 0 radical (unpaired) electrons. The SMILES string of the molecule is O=C(/C=C/c1ccc(O)c(O)c1)O[C@@H]1[C@H](O)CC(O)(C(=O)N2CCCC2)C[C@H]1OC(=O)/C=C/c1ccc(O)c(O)c1. The Morgan fingerprint density at radius 2 is 1.29 bits per heavy atom. The van der Waals surface area contributed by atoms with Crippen LogP contribution in [0.2, 0.25) is 0 Å². The number of rotatable bonds is 7. The molecule has 1 amide bonds. The van der Waals surface area contributed by atoms with Gasteiger partial charge in [-0.1, -0.05) is 12.1 Å². The van der Waals surface area contributed by atoms with Crippen molar-refractivity contribution in [2.75, 3.05) is 13.1 Å². The molecule has 2 aromatic rings. The predicted octanol–water partition coefficient (Wildman–Crippen LogP) is 1.57. The van der Waals surface area contributed by atoms with Crippen LogP contribution in [0.3, 0.4) is 0 Å². The Morgan fingerprint density at radius 3 is 1.80 bits per heavy atom. The van der Waals surface area contributed by atoms with Crippen molar-refractivity contribution in [2.24, 2.45) is 0 Å². The monoisotopic (exact) mass is 569 g/mol. The number of benzene rings is 2. The standard InChI is InChI=1S/C29H31NO11/c31-19-7-3-17(13-21(19)33)5-9-25(36)40-24-16-29(39,28(38)30-11-1-2-12-30)15-23(35)27(24)41-26(37)10-6-18-4-8-20(32)22(34)14-18/h3-10,13-14,23-24,27,31-35,39H,1-2,11-12,15-16H2/b9-5+,10-6+/t23-,24-,27-,29?/m1/s1. The van der Waals surface area contributed by atoms with E-state index in [0.717, 1.165) is 25.0 Å². The molecule has 12 heteroatoms. The van der Waals surface area contributed by atoms with E-state index in [4.69, 9.17) is 9.47 Å². The molecule has 4 atom stereocenters. The van der Waals surface area contributed by atoms with Crippen LogP contribution in [-0.2, 0) is 23.9 Å². The molecule has 2 aromatic carbocycles. The van der Waals surface area contributed by atoms with Gasteiger partial charge in [-0.3, -0.25) is 4.79 Å². The Bertz CT molecular complexity index is 1360. The van der Waals surface area contributed by atoms with Gasteiger partial charge in [0.2, 0.25) is 0 Å². The Kier molecular flexibility index (Phi) is 8.84. The highest BCUT2D eigenvalue weighted by Crippen LogP contribution is 2.35. The average Bonchev–Trinajstić information content (AvgIpc) is 3.46. The molecule has 0 spiro atoms. The summed E-state index contributed by atoms with van der Waals surface area (Å²) in [4.78, 5) is 39.9. The third kappa shape index (κ3) is 7.16. The van der Waals surface area contributed by atoms with Crippen LogP contribution in [0, 0.1) is 0 Å². The number of esters is 2. The van der Waals surface area contributed by atoms with Gasteiger partial charge in [-0.15, -0.1) is 0 Å². The molecule has 1 unspecified atom stereocenters. The number of carbonyl (C=O) groups excluding carboxylic acids is 3. The largest absolute Gasteiger partial charge is 0.504 e. The van der Waals surface area contributed by atoms with Gasteiger partial charge in [-0.05, 0) is 60.4 Å². The Morgan fingerprint density at radius 1 is 0.780 bits per heavy atom. The molecule has 12 nitrogen and oxygen atoms in total. The van der Waals surface area contributed by atoms with Crippen LogP contribution in [0.25, 0.3) is 12.2 Å². The van der Waals surface area contributed by atoms with Gasteiger partial charge in [0.25, 0.3) is 5.91 Å². The zero-order chi connectivity index (χ0) is 29.7. The minimum Gasteiger partial charge on any atom is -0.504 e. The van der Waals surface area contributed by atoms with Crippen molar-refractivity contribution in [1.29, 1.82) is 0 Å². The van der Waals surface area contributed by atoms with Crippen molar-refractivity contribution in [2.45, 2.75) is 49.6 Å². The third-order valence-corrected chi connectivity index (χ3v) is 6.97. The fourth-order valence-corrected chi connectivity index (χ4v) is 4.87. The van der Waals surface area contributed by atoms with Gasteiger partial charge in [-0.2, -0.15) is 0 Å². The molecule has 1 saturated heterocycles. The first-order valence-corrected chi connectivity index (χ1v) is 13.0. The Labute approximate surface area is 235 Å². The second-order valence-electron chi connectivity index (χ2n) is 10.0. The summed E-state index contributed by atoms with van der Waals surface area (Å²) in [7, 11) is 0. The molecule has 0 aromatic heterocycles. The maximum absolute atomic E-state index is 13.1. The zero-order valence-corrected chi connectivity index (χ0v) is 21.9. The predicted molar refractivity (Wildman–Crippen MR) is 143 cm³/mol. The number of likely N-dealkylation sites (tertiary alicyclic amines) is 1. The summed E-state index contributed by atoms with van der Waals surface area (Å²) < 4.78 is 10.9. The molecule has 1 saturated carbocycles. The molecule has 1 aliphatic carbocycles. The van der Waals surface area contributed by atoms with Crippen LogP contribution >= 0.6 is 0 Å². The van der Waals surface area contributed by atoms with Crippen LogP contribution in [0.4, 0.5) is 0 Å². The highest BCUT2D eigenvalue weighted by atomic mass is 16.6. The smallest absolute Gasteiger partial charge is 0.331 e. The summed E-state index contributed by atoms with van der Waals surface area (Å²) in [6.45, 7) is 0.889. The second kappa shape index (κ2) is 12.3. The minimum atomic E-state index is -2.07. The minimum absolute atomic E-state index is 0.341. The van der Waals surface area contributed by atoms with Crippen LogP contribution in [0.5, 0.6) is 23.0 Å². The zero-order valence-electron chi connectivity index (χ0n) is 21.9.